The highest BCUT2D eigenvalue weighted by Gasteiger charge is 2.17. The zero-order valence-corrected chi connectivity index (χ0v) is 12.5. The topological polar surface area (TPSA) is 26.3 Å². The van der Waals surface area contributed by atoms with Crippen molar-refractivity contribution in [2.24, 2.45) is 0 Å². The molecule has 0 bridgehead atoms. The largest absolute Gasteiger partial charge is 0.483 e. The first kappa shape index (κ1) is 15.2. The molecule has 0 aromatic heterocycles. The minimum absolute atomic E-state index is 0.0837. The number of halogens is 1. The lowest BCUT2D eigenvalue weighted by Gasteiger charge is -2.14. The fourth-order valence-electron chi connectivity index (χ4n) is 2.09. The van der Waals surface area contributed by atoms with Gasteiger partial charge in [-0.2, -0.15) is 0 Å². The molecule has 0 spiro atoms. The van der Waals surface area contributed by atoms with Gasteiger partial charge < -0.3 is 4.74 Å². The van der Waals surface area contributed by atoms with E-state index in [1.54, 1.807) is 19.9 Å². The van der Waals surface area contributed by atoms with Gasteiger partial charge in [0, 0.05) is 5.56 Å². The molecule has 0 amide bonds. The normalized spacial score (nSPS) is 12.0. The number of Topliss-reactive ketones (excluding diaryl/α,β-unsaturated/α-hetero) is 1. The molecule has 110 valence electrons. The maximum absolute atomic E-state index is 13.2. The zero-order valence-electron chi connectivity index (χ0n) is 12.5. The van der Waals surface area contributed by atoms with Gasteiger partial charge in [-0.3, -0.25) is 4.79 Å². The van der Waals surface area contributed by atoms with E-state index in [1.165, 1.54) is 17.7 Å². The number of benzene rings is 2. The average molecular weight is 286 g/mol. The summed E-state index contributed by atoms with van der Waals surface area (Å²) >= 11 is 0. The predicted molar refractivity (Wildman–Crippen MR) is 81.4 cm³/mol. The quantitative estimate of drug-likeness (QED) is 0.764. The van der Waals surface area contributed by atoms with Crippen LogP contribution in [-0.2, 0) is 6.42 Å². The standard InChI is InChI=1S/C18H19FO2/c1-4-14-5-7-15(8-6-14)18(20)13(3)21-16-9-10-17(19)12(2)11-16/h5-11,13H,4H2,1-3H3. The highest BCUT2D eigenvalue weighted by Crippen LogP contribution is 2.18. The van der Waals surface area contributed by atoms with Crippen molar-refractivity contribution >= 4 is 5.78 Å². The molecule has 0 N–H and O–H groups in total. The summed E-state index contributed by atoms with van der Waals surface area (Å²) in [5.41, 5.74) is 2.31. The third-order valence-electron chi connectivity index (χ3n) is 3.46. The Hall–Kier alpha value is -2.16. The first-order chi connectivity index (χ1) is 10.0. The van der Waals surface area contributed by atoms with Crippen LogP contribution in [-0.4, -0.2) is 11.9 Å². The van der Waals surface area contributed by atoms with Gasteiger partial charge in [0.2, 0.25) is 5.78 Å². The number of carbonyl (C=O) groups excluding carboxylic acids is 1. The van der Waals surface area contributed by atoms with Gasteiger partial charge in [-0.1, -0.05) is 31.2 Å². The maximum Gasteiger partial charge on any atom is 0.202 e. The Balaban J connectivity index is 2.09. The fraction of sp³-hybridized carbons (Fsp3) is 0.278. The Morgan fingerprint density at radius 2 is 1.86 bits per heavy atom. The molecule has 0 aliphatic heterocycles. The van der Waals surface area contributed by atoms with Gasteiger partial charge in [0.15, 0.2) is 6.10 Å². The van der Waals surface area contributed by atoms with Gasteiger partial charge in [-0.05, 0) is 49.6 Å². The van der Waals surface area contributed by atoms with Crippen LogP contribution in [0.2, 0.25) is 0 Å². The van der Waals surface area contributed by atoms with Crippen LogP contribution in [0, 0.1) is 12.7 Å². The second kappa shape index (κ2) is 6.53. The van der Waals surface area contributed by atoms with Crippen LogP contribution in [0.5, 0.6) is 5.75 Å². The molecule has 0 fully saturated rings. The van der Waals surface area contributed by atoms with Crippen molar-refractivity contribution in [2.75, 3.05) is 0 Å². The van der Waals surface area contributed by atoms with E-state index in [2.05, 4.69) is 6.92 Å². The van der Waals surface area contributed by atoms with Crippen LogP contribution in [0.1, 0.15) is 35.3 Å². The Labute approximate surface area is 124 Å². The number of hydrogen-bond acceptors (Lipinski definition) is 2. The smallest absolute Gasteiger partial charge is 0.202 e. The van der Waals surface area contributed by atoms with Crippen molar-refractivity contribution in [3.05, 3.63) is 65.0 Å². The van der Waals surface area contributed by atoms with E-state index in [9.17, 15) is 9.18 Å². The van der Waals surface area contributed by atoms with Crippen molar-refractivity contribution in [1.82, 2.24) is 0 Å². The summed E-state index contributed by atoms with van der Waals surface area (Å²) < 4.78 is 18.8. The third-order valence-corrected chi connectivity index (χ3v) is 3.46. The van der Waals surface area contributed by atoms with Crippen LogP contribution in [0.3, 0.4) is 0 Å². The summed E-state index contributed by atoms with van der Waals surface area (Å²) in [5.74, 6) is 0.135. The number of aryl methyl sites for hydroxylation is 2. The first-order valence-electron chi connectivity index (χ1n) is 7.07. The third kappa shape index (κ3) is 3.69. The van der Waals surface area contributed by atoms with E-state index >= 15 is 0 Å². The first-order valence-corrected chi connectivity index (χ1v) is 7.07. The van der Waals surface area contributed by atoms with E-state index in [4.69, 9.17) is 4.74 Å². The summed E-state index contributed by atoms with van der Waals surface area (Å²) in [6.45, 7) is 5.44. The summed E-state index contributed by atoms with van der Waals surface area (Å²) in [6.07, 6.45) is 0.331. The maximum atomic E-state index is 13.2. The number of rotatable bonds is 5. The molecule has 2 aromatic carbocycles. The molecule has 0 aliphatic carbocycles. The summed E-state index contributed by atoms with van der Waals surface area (Å²) in [7, 11) is 0. The Morgan fingerprint density at radius 1 is 1.19 bits per heavy atom. The van der Waals surface area contributed by atoms with Crippen LogP contribution < -0.4 is 4.74 Å². The Kier molecular flexibility index (Phi) is 4.73. The van der Waals surface area contributed by atoms with Crippen LogP contribution in [0.4, 0.5) is 4.39 Å². The van der Waals surface area contributed by atoms with Gasteiger partial charge in [0.1, 0.15) is 11.6 Å². The average Bonchev–Trinajstić information content (AvgIpc) is 2.50. The van der Waals surface area contributed by atoms with E-state index in [0.717, 1.165) is 6.42 Å². The Morgan fingerprint density at radius 3 is 2.43 bits per heavy atom. The van der Waals surface area contributed by atoms with Gasteiger partial charge in [0.25, 0.3) is 0 Å². The van der Waals surface area contributed by atoms with Crippen LogP contribution >= 0.6 is 0 Å². The van der Waals surface area contributed by atoms with E-state index in [-0.39, 0.29) is 11.6 Å². The van der Waals surface area contributed by atoms with Gasteiger partial charge in [-0.15, -0.1) is 0 Å². The van der Waals surface area contributed by atoms with Crippen molar-refractivity contribution in [3.8, 4) is 5.75 Å². The second-order valence-electron chi connectivity index (χ2n) is 5.09. The molecule has 2 nitrogen and oxygen atoms in total. The minimum Gasteiger partial charge on any atom is -0.483 e. The fourth-order valence-corrected chi connectivity index (χ4v) is 2.09. The van der Waals surface area contributed by atoms with E-state index in [1.807, 2.05) is 24.3 Å². The number of carbonyl (C=O) groups is 1. The predicted octanol–water partition coefficient (Wildman–Crippen LogP) is 4.35. The summed E-state index contributed by atoms with van der Waals surface area (Å²) in [6, 6.07) is 12.0. The molecule has 2 aromatic rings. The molecule has 1 unspecified atom stereocenters. The molecule has 0 heterocycles. The Bertz CT molecular complexity index is 632. The van der Waals surface area contributed by atoms with Crippen molar-refractivity contribution in [3.63, 3.8) is 0 Å². The minimum atomic E-state index is -0.609. The van der Waals surface area contributed by atoms with Gasteiger partial charge in [0.05, 0.1) is 0 Å². The van der Waals surface area contributed by atoms with Crippen LogP contribution in [0.15, 0.2) is 42.5 Å². The highest BCUT2D eigenvalue weighted by atomic mass is 19.1. The molecule has 0 aliphatic rings. The second-order valence-corrected chi connectivity index (χ2v) is 5.09. The molecule has 3 heteroatoms. The number of ketones is 1. The van der Waals surface area contributed by atoms with Gasteiger partial charge in [-0.25, -0.2) is 4.39 Å². The monoisotopic (exact) mass is 286 g/mol. The van der Waals surface area contributed by atoms with Crippen molar-refractivity contribution in [2.45, 2.75) is 33.3 Å². The lowest BCUT2D eigenvalue weighted by Crippen LogP contribution is -2.24. The molecule has 21 heavy (non-hydrogen) atoms. The molecule has 0 radical (unpaired) electrons. The zero-order chi connectivity index (χ0) is 15.4. The lowest BCUT2D eigenvalue weighted by atomic mass is 10.0. The molecule has 0 saturated heterocycles. The summed E-state index contributed by atoms with van der Waals surface area (Å²) in [4.78, 5) is 12.3. The molecule has 0 saturated carbocycles. The SMILES string of the molecule is CCc1ccc(C(=O)C(C)Oc2ccc(F)c(C)c2)cc1. The van der Waals surface area contributed by atoms with Gasteiger partial charge >= 0.3 is 0 Å². The highest BCUT2D eigenvalue weighted by molar-refractivity contribution is 5.99. The summed E-state index contributed by atoms with van der Waals surface area (Å²) in [5, 5.41) is 0. The molecule has 1 atom stereocenters. The number of hydrogen-bond donors (Lipinski definition) is 0. The van der Waals surface area contributed by atoms with Crippen LogP contribution in [0.25, 0.3) is 0 Å². The number of ether oxygens (including phenoxy) is 1. The van der Waals surface area contributed by atoms with Crippen molar-refractivity contribution < 1.29 is 13.9 Å². The van der Waals surface area contributed by atoms with E-state index < -0.39 is 6.10 Å². The molecule has 2 rings (SSSR count). The lowest BCUT2D eigenvalue weighted by molar-refractivity contribution is 0.0818. The molecular formula is C18H19FO2. The van der Waals surface area contributed by atoms with E-state index in [0.29, 0.717) is 16.9 Å². The molecular weight excluding hydrogens is 267 g/mol. The van der Waals surface area contributed by atoms with Crippen molar-refractivity contribution in [1.29, 1.82) is 0 Å².